The summed E-state index contributed by atoms with van der Waals surface area (Å²) in [5, 5.41) is 15.1. The number of nitrogens with one attached hydrogen (secondary N) is 2. The number of benzene rings is 1. The van der Waals surface area contributed by atoms with Gasteiger partial charge in [0.05, 0.1) is 12.2 Å². The first-order chi connectivity index (χ1) is 12.0. The number of hydrogen-bond donors (Lipinski definition) is 3. The Morgan fingerprint density at radius 3 is 2.20 bits per heavy atom. The third kappa shape index (κ3) is 3.51. The van der Waals surface area contributed by atoms with E-state index in [1.807, 2.05) is 0 Å². The number of anilines is 1. The van der Waals surface area contributed by atoms with Gasteiger partial charge in [0, 0.05) is 6.42 Å². The molecular formula is C20H26N2O3. The number of carbonyl (C=O) groups excluding carboxylic acids is 2. The van der Waals surface area contributed by atoms with E-state index in [0.717, 1.165) is 17.8 Å². The quantitative estimate of drug-likeness (QED) is 0.720. The molecule has 2 amide bonds. The summed E-state index contributed by atoms with van der Waals surface area (Å²) in [6, 6.07) is 6.57. The van der Waals surface area contributed by atoms with Gasteiger partial charge in [-0.15, -0.1) is 0 Å². The summed E-state index contributed by atoms with van der Waals surface area (Å²) in [4.78, 5) is 24.4. The second-order valence-electron chi connectivity index (χ2n) is 8.44. The molecular weight excluding hydrogens is 316 g/mol. The molecule has 1 aromatic carbocycles. The molecule has 0 aromatic heterocycles. The highest BCUT2D eigenvalue weighted by Gasteiger charge is 2.51. The zero-order valence-electron chi connectivity index (χ0n) is 14.5. The van der Waals surface area contributed by atoms with E-state index >= 15 is 0 Å². The van der Waals surface area contributed by atoms with Crippen LogP contribution in [0, 0.1) is 23.2 Å². The Hall–Kier alpha value is -2.04. The Balaban J connectivity index is 1.28. The molecule has 134 valence electrons. The van der Waals surface area contributed by atoms with Gasteiger partial charge in [0.15, 0.2) is 0 Å². The van der Waals surface area contributed by atoms with Crippen molar-refractivity contribution >= 4 is 17.5 Å². The van der Waals surface area contributed by atoms with Crippen LogP contribution in [0.1, 0.15) is 44.9 Å². The van der Waals surface area contributed by atoms with Gasteiger partial charge >= 0.3 is 0 Å². The third-order valence-corrected chi connectivity index (χ3v) is 6.32. The van der Waals surface area contributed by atoms with Gasteiger partial charge < -0.3 is 15.7 Å². The van der Waals surface area contributed by atoms with Gasteiger partial charge in [-0.05, 0) is 73.8 Å². The van der Waals surface area contributed by atoms with Gasteiger partial charge in [0.2, 0.25) is 11.8 Å². The molecule has 0 atom stereocenters. The van der Waals surface area contributed by atoms with Crippen LogP contribution in [0.25, 0.3) is 0 Å². The largest absolute Gasteiger partial charge is 0.506 e. The van der Waals surface area contributed by atoms with Gasteiger partial charge in [0.1, 0.15) is 5.75 Å². The Morgan fingerprint density at radius 1 is 1.00 bits per heavy atom. The van der Waals surface area contributed by atoms with Crippen LogP contribution in [0.4, 0.5) is 5.69 Å². The fourth-order valence-corrected chi connectivity index (χ4v) is 5.86. The molecule has 5 heteroatoms. The minimum Gasteiger partial charge on any atom is -0.506 e. The van der Waals surface area contributed by atoms with Crippen molar-refractivity contribution in [1.82, 2.24) is 5.32 Å². The highest BCUT2D eigenvalue weighted by atomic mass is 16.3. The molecule has 0 unspecified atom stereocenters. The lowest BCUT2D eigenvalue weighted by Crippen LogP contribution is -2.48. The van der Waals surface area contributed by atoms with Crippen molar-refractivity contribution in [2.24, 2.45) is 23.2 Å². The molecule has 0 aliphatic heterocycles. The average Bonchev–Trinajstić information content (AvgIpc) is 2.53. The lowest BCUT2D eigenvalue weighted by atomic mass is 9.49. The van der Waals surface area contributed by atoms with Crippen LogP contribution in [0.15, 0.2) is 24.3 Å². The maximum atomic E-state index is 12.4. The Kier molecular flexibility index (Phi) is 4.18. The Labute approximate surface area is 148 Å². The smallest absolute Gasteiger partial charge is 0.243 e. The summed E-state index contributed by atoms with van der Waals surface area (Å²) in [6.45, 7) is -0.0560. The third-order valence-electron chi connectivity index (χ3n) is 6.32. The van der Waals surface area contributed by atoms with E-state index in [1.165, 1.54) is 44.6 Å². The second kappa shape index (κ2) is 6.36. The van der Waals surface area contributed by atoms with Crippen LogP contribution in [-0.2, 0) is 9.59 Å². The predicted molar refractivity (Wildman–Crippen MR) is 95.0 cm³/mol. The minimum absolute atomic E-state index is 0.0191. The predicted octanol–water partition coefficient (Wildman–Crippen LogP) is 3.05. The van der Waals surface area contributed by atoms with Crippen LogP contribution in [0.2, 0.25) is 0 Å². The van der Waals surface area contributed by atoms with E-state index in [-0.39, 0.29) is 29.5 Å². The van der Waals surface area contributed by atoms with Crippen molar-refractivity contribution in [3.05, 3.63) is 24.3 Å². The molecule has 1 aromatic rings. The number of amides is 2. The number of carbonyl (C=O) groups is 2. The van der Waals surface area contributed by atoms with Crippen LogP contribution in [0.3, 0.4) is 0 Å². The van der Waals surface area contributed by atoms with Crippen LogP contribution in [0.5, 0.6) is 5.75 Å². The van der Waals surface area contributed by atoms with E-state index in [4.69, 9.17) is 0 Å². The molecule has 3 N–H and O–H groups in total. The monoisotopic (exact) mass is 342 g/mol. The van der Waals surface area contributed by atoms with E-state index in [9.17, 15) is 14.7 Å². The van der Waals surface area contributed by atoms with Crippen LogP contribution >= 0.6 is 0 Å². The number of hydrogen-bond acceptors (Lipinski definition) is 3. The van der Waals surface area contributed by atoms with E-state index in [1.54, 1.807) is 18.2 Å². The number of phenols is 1. The molecule has 4 aliphatic carbocycles. The maximum absolute atomic E-state index is 12.4. The second-order valence-corrected chi connectivity index (χ2v) is 8.44. The van der Waals surface area contributed by atoms with Gasteiger partial charge in [-0.3, -0.25) is 9.59 Å². The first-order valence-corrected chi connectivity index (χ1v) is 9.36. The lowest BCUT2D eigenvalue weighted by molar-refractivity contribution is -0.131. The maximum Gasteiger partial charge on any atom is 0.243 e. The van der Waals surface area contributed by atoms with Crippen molar-refractivity contribution < 1.29 is 14.7 Å². The van der Waals surface area contributed by atoms with Crippen molar-refractivity contribution in [3.63, 3.8) is 0 Å². The zero-order chi connectivity index (χ0) is 17.4. The fraction of sp³-hybridized carbons (Fsp3) is 0.600. The molecule has 0 spiro atoms. The van der Waals surface area contributed by atoms with E-state index in [2.05, 4.69) is 10.6 Å². The molecule has 4 saturated carbocycles. The summed E-state index contributed by atoms with van der Waals surface area (Å²) in [5.74, 6) is 2.15. The summed E-state index contributed by atoms with van der Waals surface area (Å²) in [6.07, 6.45) is 8.22. The summed E-state index contributed by atoms with van der Waals surface area (Å²) >= 11 is 0. The van der Waals surface area contributed by atoms with Gasteiger partial charge in [-0.1, -0.05) is 12.1 Å². The molecule has 4 fully saturated rings. The molecule has 0 radical (unpaired) electrons. The molecule has 4 aliphatic rings. The van der Waals surface area contributed by atoms with Crippen molar-refractivity contribution in [2.75, 3.05) is 11.9 Å². The highest BCUT2D eigenvalue weighted by Crippen LogP contribution is 2.61. The topological polar surface area (TPSA) is 78.4 Å². The molecule has 0 saturated heterocycles. The molecule has 4 bridgehead atoms. The summed E-state index contributed by atoms with van der Waals surface area (Å²) in [5.41, 5.74) is 0.551. The standard InChI is InChI=1S/C20H26N2O3/c23-17-4-2-1-3-16(17)22-19(25)12-21-18(24)11-20-8-13-5-14(9-20)7-15(6-13)10-20/h1-4,13-15,23H,5-12H2,(H,21,24)(H,22,25). The molecule has 5 rings (SSSR count). The number of aromatic hydroxyl groups is 1. The van der Waals surface area contributed by atoms with Crippen molar-refractivity contribution in [2.45, 2.75) is 44.9 Å². The fourth-order valence-electron chi connectivity index (χ4n) is 5.86. The normalized spacial score (nSPS) is 32.4. The SMILES string of the molecule is O=C(CC12CC3CC(CC(C3)C1)C2)NCC(=O)Nc1ccccc1O. The first kappa shape index (κ1) is 16.4. The van der Waals surface area contributed by atoms with Gasteiger partial charge in [0.25, 0.3) is 0 Å². The van der Waals surface area contributed by atoms with Gasteiger partial charge in [-0.25, -0.2) is 0 Å². The van der Waals surface area contributed by atoms with E-state index < -0.39 is 0 Å². The highest BCUT2D eigenvalue weighted by molar-refractivity contribution is 5.95. The number of para-hydroxylation sites is 2. The molecule has 5 nitrogen and oxygen atoms in total. The van der Waals surface area contributed by atoms with Gasteiger partial charge in [-0.2, -0.15) is 0 Å². The molecule has 0 heterocycles. The summed E-state index contributed by atoms with van der Waals surface area (Å²) < 4.78 is 0. The molecule has 25 heavy (non-hydrogen) atoms. The van der Waals surface area contributed by atoms with E-state index in [0.29, 0.717) is 12.1 Å². The summed E-state index contributed by atoms with van der Waals surface area (Å²) in [7, 11) is 0. The van der Waals surface area contributed by atoms with Crippen LogP contribution < -0.4 is 10.6 Å². The van der Waals surface area contributed by atoms with Crippen molar-refractivity contribution in [3.8, 4) is 5.75 Å². The number of phenolic OH excluding ortho intramolecular Hbond substituents is 1. The Bertz CT molecular complexity index is 650. The first-order valence-electron chi connectivity index (χ1n) is 9.36. The van der Waals surface area contributed by atoms with Crippen LogP contribution in [-0.4, -0.2) is 23.5 Å². The number of rotatable bonds is 5. The average molecular weight is 342 g/mol. The zero-order valence-corrected chi connectivity index (χ0v) is 14.5. The minimum atomic E-state index is -0.319. The lowest BCUT2D eigenvalue weighted by Gasteiger charge is -2.56. The van der Waals surface area contributed by atoms with Crippen molar-refractivity contribution in [1.29, 1.82) is 0 Å². The Morgan fingerprint density at radius 2 is 1.60 bits per heavy atom.